The Bertz CT molecular complexity index is 1200. The summed E-state index contributed by atoms with van der Waals surface area (Å²) in [6.45, 7) is 1.48. The van der Waals surface area contributed by atoms with Crippen LogP contribution in [0.25, 0.3) is 16.3 Å². The molecule has 0 saturated carbocycles. The Morgan fingerprint density at radius 1 is 1.16 bits per heavy atom. The zero-order valence-corrected chi connectivity index (χ0v) is 17.6. The first-order chi connectivity index (χ1) is 15.1. The molecule has 1 amide bonds. The summed E-state index contributed by atoms with van der Waals surface area (Å²) in [6.07, 6.45) is 10.0. The number of nitrogens with one attached hydrogen (secondary N) is 1. The van der Waals surface area contributed by atoms with Gasteiger partial charge in [0.1, 0.15) is 6.61 Å². The standard InChI is InChI=1S/C21H20N6O3S/c1-26-6-7-30-18-8-16(12-23-21(18)26)17-5-4-14(10-22-17)2-3-15-11-24-27(13-15)20-9-19(28)25-31(20)29/h4-5,8-13H,2-3,6-7H2,1H3,(H,25,28). The van der Waals surface area contributed by atoms with Crippen LogP contribution < -0.4 is 14.4 Å². The van der Waals surface area contributed by atoms with E-state index in [2.05, 4.69) is 30.8 Å². The van der Waals surface area contributed by atoms with Crippen LogP contribution in [-0.2, 0) is 28.6 Å². The Labute approximate surface area is 181 Å². The predicted molar refractivity (Wildman–Crippen MR) is 116 cm³/mol. The summed E-state index contributed by atoms with van der Waals surface area (Å²) in [5.74, 6) is 1.26. The third-order valence-electron chi connectivity index (χ3n) is 5.20. The van der Waals surface area contributed by atoms with Crippen molar-refractivity contribution < 1.29 is 13.7 Å². The minimum absolute atomic E-state index is 0.344. The van der Waals surface area contributed by atoms with E-state index in [1.165, 1.54) is 10.8 Å². The van der Waals surface area contributed by atoms with E-state index in [4.69, 9.17) is 4.74 Å². The van der Waals surface area contributed by atoms with Crippen molar-refractivity contribution >= 4 is 27.7 Å². The van der Waals surface area contributed by atoms with Crippen LogP contribution in [0.1, 0.15) is 11.1 Å². The fourth-order valence-corrected chi connectivity index (χ4v) is 4.33. The molecule has 158 valence electrons. The first-order valence-corrected chi connectivity index (χ1v) is 11.0. The van der Waals surface area contributed by atoms with E-state index in [-0.39, 0.29) is 5.91 Å². The molecular formula is C21H20N6O3S. The Balaban J connectivity index is 1.25. The van der Waals surface area contributed by atoms with Crippen LogP contribution in [0.15, 0.2) is 49.1 Å². The molecule has 0 fully saturated rings. The van der Waals surface area contributed by atoms with Crippen LogP contribution in [0.3, 0.4) is 0 Å². The Morgan fingerprint density at radius 2 is 2.03 bits per heavy atom. The van der Waals surface area contributed by atoms with Gasteiger partial charge < -0.3 is 9.64 Å². The zero-order valence-electron chi connectivity index (χ0n) is 16.8. The molecule has 31 heavy (non-hydrogen) atoms. The maximum absolute atomic E-state index is 11.8. The molecule has 0 aliphatic carbocycles. The number of carbonyl (C=O) groups excluding carboxylic acids is 1. The van der Waals surface area contributed by atoms with Crippen LogP contribution >= 0.6 is 0 Å². The quantitative estimate of drug-likeness (QED) is 0.647. The number of pyridine rings is 2. The molecule has 9 nitrogen and oxygen atoms in total. The molecule has 2 aliphatic rings. The topological polar surface area (TPSA) is 102 Å². The van der Waals surface area contributed by atoms with E-state index in [0.717, 1.165) is 53.3 Å². The minimum atomic E-state index is -1.56. The van der Waals surface area contributed by atoms with Gasteiger partial charge in [-0.25, -0.2) is 13.9 Å². The molecule has 3 aromatic heterocycles. The third kappa shape index (κ3) is 3.93. The third-order valence-corrected chi connectivity index (χ3v) is 6.27. The molecule has 0 saturated heterocycles. The molecule has 0 spiro atoms. The normalized spacial score (nSPS) is 17.7. The summed E-state index contributed by atoms with van der Waals surface area (Å²) in [6, 6.07) is 6.02. The highest BCUT2D eigenvalue weighted by molar-refractivity contribution is 7.93. The fourth-order valence-electron chi connectivity index (χ4n) is 3.50. The van der Waals surface area contributed by atoms with Gasteiger partial charge in [-0.05, 0) is 36.1 Å². The lowest BCUT2D eigenvalue weighted by molar-refractivity contribution is -0.114. The highest BCUT2D eigenvalue weighted by atomic mass is 32.2. The van der Waals surface area contributed by atoms with E-state index < -0.39 is 11.0 Å². The van der Waals surface area contributed by atoms with Crippen molar-refractivity contribution in [1.29, 1.82) is 0 Å². The van der Waals surface area contributed by atoms with Crippen molar-refractivity contribution in [3.8, 4) is 17.0 Å². The number of anilines is 1. The number of hydrogen-bond acceptors (Lipinski definition) is 7. The van der Waals surface area contributed by atoms with Gasteiger partial charge in [-0.2, -0.15) is 5.10 Å². The lowest BCUT2D eigenvalue weighted by Gasteiger charge is -2.26. The second-order valence-corrected chi connectivity index (χ2v) is 8.54. The second-order valence-electron chi connectivity index (χ2n) is 7.38. The van der Waals surface area contributed by atoms with E-state index >= 15 is 0 Å². The van der Waals surface area contributed by atoms with E-state index in [9.17, 15) is 9.00 Å². The van der Waals surface area contributed by atoms with Crippen molar-refractivity contribution in [2.45, 2.75) is 12.8 Å². The summed E-state index contributed by atoms with van der Waals surface area (Å²) in [7, 11) is 0.448. The molecule has 0 radical (unpaired) electrons. The van der Waals surface area contributed by atoms with Crippen LogP contribution in [-0.4, -0.2) is 50.1 Å². The maximum Gasteiger partial charge on any atom is 0.258 e. The van der Waals surface area contributed by atoms with Crippen LogP contribution in [0.2, 0.25) is 0 Å². The van der Waals surface area contributed by atoms with Crippen molar-refractivity contribution in [3.63, 3.8) is 0 Å². The largest absolute Gasteiger partial charge is 0.488 e. The molecule has 5 heterocycles. The monoisotopic (exact) mass is 436 g/mol. The number of likely N-dealkylation sites (N-methyl/N-ethyl adjacent to an activating group) is 1. The van der Waals surface area contributed by atoms with E-state index in [0.29, 0.717) is 11.6 Å². The highest BCUT2D eigenvalue weighted by Crippen LogP contribution is 2.32. The summed E-state index contributed by atoms with van der Waals surface area (Å²) in [5, 5.41) is 4.56. The van der Waals surface area contributed by atoms with Crippen LogP contribution in [0.4, 0.5) is 5.82 Å². The number of amides is 1. The average molecular weight is 436 g/mol. The van der Waals surface area contributed by atoms with Crippen molar-refractivity contribution in [2.75, 3.05) is 25.1 Å². The summed E-state index contributed by atoms with van der Waals surface area (Å²) < 4.78 is 21.4. The maximum atomic E-state index is 11.8. The number of ether oxygens (including phenoxy) is 1. The summed E-state index contributed by atoms with van der Waals surface area (Å²) in [5.41, 5.74) is 3.85. The minimum Gasteiger partial charge on any atom is -0.488 e. The predicted octanol–water partition coefficient (Wildman–Crippen LogP) is 1.55. The molecule has 2 aliphatic heterocycles. The summed E-state index contributed by atoms with van der Waals surface area (Å²) in [4.78, 5) is 22.5. The number of fused-ring (bicyclic) bond motifs is 1. The Hall–Kier alpha value is -3.53. The number of hydrogen-bond donors (Lipinski definition) is 1. The van der Waals surface area contributed by atoms with Crippen molar-refractivity contribution in [2.24, 2.45) is 0 Å². The van der Waals surface area contributed by atoms with Gasteiger partial charge in [-0.15, -0.1) is 0 Å². The van der Waals surface area contributed by atoms with Gasteiger partial charge in [0, 0.05) is 37.3 Å². The van der Waals surface area contributed by atoms with Crippen LogP contribution in [0.5, 0.6) is 5.75 Å². The van der Waals surface area contributed by atoms with E-state index in [1.54, 1.807) is 12.4 Å². The number of aromatic nitrogens is 4. The van der Waals surface area contributed by atoms with Gasteiger partial charge in [-0.3, -0.25) is 14.5 Å². The molecule has 5 rings (SSSR count). The molecule has 1 unspecified atom stereocenters. The zero-order chi connectivity index (χ0) is 21.4. The molecular weight excluding hydrogens is 416 g/mol. The fraction of sp³-hybridized carbons (Fsp3) is 0.238. The molecule has 0 aromatic carbocycles. The molecule has 0 bridgehead atoms. The first-order valence-electron chi connectivity index (χ1n) is 9.84. The van der Waals surface area contributed by atoms with Gasteiger partial charge in [0.15, 0.2) is 27.6 Å². The highest BCUT2D eigenvalue weighted by Gasteiger charge is 2.22. The van der Waals surface area contributed by atoms with Gasteiger partial charge in [0.05, 0.1) is 18.4 Å². The lowest BCUT2D eigenvalue weighted by atomic mass is 10.1. The van der Waals surface area contributed by atoms with Gasteiger partial charge in [0.2, 0.25) is 0 Å². The molecule has 10 heteroatoms. The van der Waals surface area contributed by atoms with Crippen molar-refractivity contribution in [1.82, 2.24) is 24.5 Å². The summed E-state index contributed by atoms with van der Waals surface area (Å²) >= 11 is 0. The number of carbonyl (C=O) groups is 1. The average Bonchev–Trinajstić information content (AvgIpc) is 3.38. The Morgan fingerprint density at radius 3 is 2.81 bits per heavy atom. The number of aryl methyl sites for hydroxylation is 2. The van der Waals surface area contributed by atoms with Gasteiger partial charge >= 0.3 is 0 Å². The Kier molecular flexibility index (Phi) is 4.99. The SMILES string of the molecule is CN1CCOc2cc(-c3ccc(CCc4cnn(C5=CC(=O)NS5=O)c4)cn3)cnc21. The smallest absolute Gasteiger partial charge is 0.258 e. The number of nitrogens with zero attached hydrogens (tertiary/aromatic N) is 5. The molecule has 3 aromatic rings. The number of rotatable bonds is 5. The molecule has 1 atom stereocenters. The van der Waals surface area contributed by atoms with E-state index in [1.807, 2.05) is 31.6 Å². The van der Waals surface area contributed by atoms with Crippen molar-refractivity contribution in [3.05, 3.63) is 60.2 Å². The van der Waals surface area contributed by atoms with Gasteiger partial charge in [-0.1, -0.05) is 6.07 Å². The lowest BCUT2D eigenvalue weighted by Crippen LogP contribution is -2.29. The second kappa shape index (κ2) is 7.95. The first kappa shape index (κ1) is 19.4. The molecule has 1 N–H and O–H groups in total. The van der Waals surface area contributed by atoms with Gasteiger partial charge in [0.25, 0.3) is 5.91 Å². The van der Waals surface area contributed by atoms with Crippen LogP contribution in [0, 0.1) is 0 Å².